The van der Waals surface area contributed by atoms with Crippen LogP contribution in [0.25, 0.3) is 0 Å². The third kappa shape index (κ3) is 8.50. The predicted molar refractivity (Wildman–Crippen MR) is 88.5 cm³/mol. The van der Waals surface area contributed by atoms with Crippen molar-refractivity contribution in [3.8, 4) is 0 Å². The monoisotopic (exact) mass is 303 g/mol. The van der Waals surface area contributed by atoms with Gasteiger partial charge >= 0.3 is 0 Å². The van der Waals surface area contributed by atoms with Crippen molar-refractivity contribution in [2.24, 2.45) is 5.92 Å². The molecule has 4 heteroatoms. The number of aliphatic hydroxyl groups is 1. The number of hydrogen-bond donors (Lipinski definition) is 2. The number of thioether (sulfide) groups is 1. The molecule has 120 valence electrons. The van der Waals surface area contributed by atoms with Crippen LogP contribution >= 0.6 is 11.8 Å². The summed E-state index contributed by atoms with van der Waals surface area (Å²) in [6.45, 7) is 4.41. The Morgan fingerprint density at radius 3 is 2.80 bits per heavy atom. The van der Waals surface area contributed by atoms with Gasteiger partial charge in [0, 0.05) is 6.54 Å². The minimum Gasteiger partial charge on any atom is -0.389 e. The average Bonchev–Trinajstić information content (AvgIpc) is 2.45. The Morgan fingerprint density at radius 2 is 2.05 bits per heavy atom. The van der Waals surface area contributed by atoms with Gasteiger partial charge in [-0.1, -0.05) is 26.2 Å². The van der Waals surface area contributed by atoms with Crippen LogP contribution in [0.2, 0.25) is 0 Å². The molecule has 1 aliphatic rings. The first-order chi connectivity index (χ1) is 9.74. The zero-order chi connectivity index (χ0) is 14.6. The highest BCUT2D eigenvalue weighted by Gasteiger charge is 2.22. The van der Waals surface area contributed by atoms with Gasteiger partial charge in [0.25, 0.3) is 0 Å². The van der Waals surface area contributed by atoms with Crippen LogP contribution in [0.3, 0.4) is 0 Å². The van der Waals surface area contributed by atoms with Crippen LogP contribution in [-0.2, 0) is 4.74 Å². The minimum absolute atomic E-state index is 0.365. The standard InChI is InChI=1S/C16H33NO2S/c1-14-8-4-5-9-16(14)19-13-15(18)12-17-10-6-3-7-11-20-2/h14-18H,3-13H2,1-2H3. The van der Waals surface area contributed by atoms with Gasteiger partial charge in [-0.15, -0.1) is 0 Å². The Labute approximate surface area is 129 Å². The number of rotatable bonds is 11. The molecule has 2 N–H and O–H groups in total. The lowest BCUT2D eigenvalue weighted by Crippen LogP contribution is -2.34. The number of hydrogen-bond acceptors (Lipinski definition) is 4. The fourth-order valence-electron chi connectivity index (χ4n) is 2.77. The van der Waals surface area contributed by atoms with Gasteiger partial charge in [-0.25, -0.2) is 0 Å². The fourth-order valence-corrected chi connectivity index (χ4v) is 3.26. The summed E-state index contributed by atoms with van der Waals surface area (Å²) in [5, 5.41) is 13.2. The molecule has 20 heavy (non-hydrogen) atoms. The van der Waals surface area contributed by atoms with Gasteiger partial charge in [0.1, 0.15) is 0 Å². The molecular weight excluding hydrogens is 270 g/mol. The van der Waals surface area contributed by atoms with Gasteiger partial charge in [0.15, 0.2) is 0 Å². The van der Waals surface area contributed by atoms with Crippen molar-refractivity contribution < 1.29 is 9.84 Å². The maximum Gasteiger partial charge on any atom is 0.0897 e. The van der Waals surface area contributed by atoms with E-state index in [2.05, 4.69) is 18.5 Å². The third-order valence-electron chi connectivity index (χ3n) is 4.12. The van der Waals surface area contributed by atoms with Crippen LogP contribution in [0, 0.1) is 5.92 Å². The van der Waals surface area contributed by atoms with Crippen molar-refractivity contribution in [1.29, 1.82) is 0 Å². The van der Waals surface area contributed by atoms with Crippen molar-refractivity contribution in [2.75, 3.05) is 31.7 Å². The molecule has 0 aromatic heterocycles. The predicted octanol–water partition coefficient (Wildman–Crippen LogP) is 3.07. The van der Waals surface area contributed by atoms with Gasteiger partial charge < -0.3 is 15.2 Å². The lowest BCUT2D eigenvalue weighted by molar-refractivity contribution is -0.0451. The SMILES string of the molecule is CSCCCCCNCC(O)COC1CCCCC1C. The maximum atomic E-state index is 9.92. The number of ether oxygens (including phenoxy) is 1. The van der Waals surface area contributed by atoms with Crippen molar-refractivity contribution >= 4 is 11.8 Å². The number of nitrogens with one attached hydrogen (secondary N) is 1. The second-order valence-electron chi connectivity index (χ2n) is 6.04. The molecule has 0 aromatic carbocycles. The molecule has 0 radical (unpaired) electrons. The van der Waals surface area contributed by atoms with Gasteiger partial charge in [0.2, 0.25) is 0 Å². The van der Waals surface area contributed by atoms with Crippen LogP contribution in [0.5, 0.6) is 0 Å². The van der Waals surface area contributed by atoms with Gasteiger partial charge in [-0.05, 0) is 50.2 Å². The Morgan fingerprint density at radius 1 is 1.25 bits per heavy atom. The second-order valence-corrected chi connectivity index (χ2v) is 7.03. The zero-order valence-electron chi connectivity index (χ0n) is 13.3. The lowest BCUT2D eigenvalue weighted by atomic mass is 9.88. The lowest BCUT2D eigenvalue weighted by Gasteiger charge is -2.29. The van der Waals surface area contributed by atoms with Crippen LogP contribution in [0.1, 0.15) is 51.9 Å². The van der Waals surface area contributed by atoms with E-state index in [1.54, 1.807) is 0 Å². The molecular formula is C16H33NO2S. The number of unbranched alkanes of at least 4 members (excludes halogenated alkanes) is 2. The topological polar surface area (TPSA) is 41.5 Å². The first-order valence-corrected chi connectivity index (χ1v) is 9.62. The molecule has 0 spiro atoms. The molecule has 0 saturated heterocycles. The summed E-state index contributed by atoms with van der Waals surface area (Å²) in [5.74, 6) is 1.91. The minimum atomic E-state index is -0.365. The normalized spacial score (nSPS) is 24.8. The summed E-state index contributed by atoms with van der Waals surface area (Å²) in [4.78, 5) is 0. The van der Waals surface area contributed by atoms with Crippen LogP contribution < -0.4 is 5.32 Å². The first kappa shape index (κ1) is 18.3. The third-order valence-corrected chi connectivity index (χ3v) is 4.81. The van der Waals surface area contributed by atoms with E-state index in [1.165, 1.54) is 44.3 Å². The summed E-state index contributed by atoms with van der Waals surface area (Å²) in [6.07, 6.45) is 11.0. The summed E-state index contributed by atoms with van der Waals surface area (Å²) < 4.78 is 5.87. The Kier molecular flexibility index (Phi) is 10.8. The van der Waals surface area contributed by atoms with E-state index in [1.807, 2.05) is 11.8 Å². The molecule has 3 nitrogen and oxygen atoms in total. The average molecular weight is 304 g/mol. The first-order valence-electron chi connectivity index (χ1n) is 8.23. The molecule has 0 heterocycles. The molecule has 0 aromatic rings. The largest absolute Gasteiger partial charge is 0.389 e. The molecule has 0 bridgehead atoms. The quantitative estimate of drug-likeness (QED) is 0.576. The highest BCUT2D eigenvalue weighted by Crippen LogP contribution is 2.26. The van der Waals surface area contributed by atoms with E-state index in [9.17, 15) is 5.11 Å². The summed E-state index contributed by atoms with van der Waals surface area (Å²) >= 11 is 1.91. The van der Waals surface area contributed by atoms with Gasteiger partial charge in [0.05, 0.1) is 18.8 Å². The second kappa shape index (κ2) is 11.8. The van der Waals surface area contributed by atoms with Crippen LogP contribution in [-0.4, -0.2) is 49.0 Å². The van der Waals surface area contributed by atoms with E-state index >= 15 is 0 Å². The summed E-state index contributed by atoms with van der Waals surface area (Å²) in [6, 6.07) is 0. The Balaban J connectivity index is 1.93. The molecule has 3 unspecified atom stereocenters. The van der Waals surface area contributed by atoms with Crippen molar-refractivity contribution in [1.82, 2.24) is 5.32 Å². The zero-order valence-corrected chi connectivity index (χ0v) is 14.1. The molecule has 3 atom stereocenters. The molecule has 0 amide bonds. The van der Waals surface area contributed by atoms with Crippen LogP contribution in [0.4, 0.5) is 0 Å². The molecule has 1 saturated carbocycles. The van der Waals surface area contributed by atoms with Crippen molar-refractivity contribution in [3.63, 3.8) is 0 Å². The van der Waals surface area contributed by atoms with Crippen molar-refractivity contribution in [3.05, 3.63) is 0 Å². The number of aliphatic hydroxyl groups excluding tert-OH is 1. The highest BCUT2D eigenvalue weighted by molar-refractivity contribution is 7.98. The fraction of sp³-hybridized carbons (Fsp3) is 1.00. The van der Waals surface area contributed by atoms with E-state index in [0.717, 1.165) is 13.0 Å². The Hall–Kier alpha value is 0.230. The molecule has 0 aliphatic heterocycles. The van der Waals surface area contributed by atoms with E-state index in [0.29, 0.717) is 25.2 Å². The van der Waals surface area contributed by atoms with Crippen LogP contribution in [0.15, 0.2) is 0 Å². The molecule has 1 rings (SSSR count). The van der Waals surface area contributed by atoms with E-state index in [-0.39, 0.29) is 6.10 Å². The smallest absolute Gasteiger partial charge is 0.0897 e. The van der Waals surface area contributed by atoms with E-state index in [4.69, 9.17) is 4.74 Å². The Bertz CT molecular complexity index is 229. The molecule has 1 fully saturated rings. The van der Waals surface area contributed by atoms with Crippen molar-refractivity contribution in [2.45, 2.75) is 64.1 Å². The van der Waals surface area contributed by atoms with Gasteiger partial charge in [-0.3, -0.25) is 0 Å². The molecule has 1 aliphatic carbocycles. The summed E-state index contributed by atoms with van der Waals surface area (Å²) in [7, 11) is 0. The van der Waals surface area contributed by atoms with Gasteiger partial charge in [-0.2, -0.15) is 11.8 Å². The summed E-state index contributed by atoms with van der Waals surface area (Å²) in [5.41, 5.74) is 0. The van der Waals surface area contributed by atoms with E-state index < -0.39 is 0 Å². The highest BCUT2D eigenvalue weighted by atomic mass is 32.2. The maximum absolute atomic E-state index is 9.92.